The van der Waals surface area contributed by atoms with Crippen LogP contribution in [-0.2, 0) is 16.9 Å². The van der Waals surface area contributed by atoms with Crippen LogP contribution in [0, 0.1) is 0 Å². The Morgan fingerprint density at radius 2 is 1.85 bits per heavy atom. The Balaban J connectivity index is 2.02. The van der Waals surface area contributed by atoms with E-state index in [4.69, 9.17) is 33.9 Å². The van der Waals surface area contributed by atoms with Crippen LogP contribution in [0.4, 0.5) is 18.9 Å². The van der Waals surface area contributed by atoms with Crippen molar-refractivity contribution in [3.63, 3.8) is 0 Å². The molecule has 2 aromatic carbocycles. The topological polar surface area (TPSA) is 59.6 Å². The van der Waals surface area contributed by atoms with Crippen LogP contribution in [0.15, 0.2) is 41.6 Å². The molecule has 0 fully saturated rings. The van der Waals surface area contributed by atoms with Gasteiger partial charge in [-0.2, -0.15) is 13.2 Å². The Hall–Kier alpha value is -1.96. The maximum atomic E-state index is 14.0. The zero-order valence-corrected chi connectivity index (χ0v) is 15.7. The van der Waals surface area contributed by atoms with E-state index in [0.29, 0.717) is 11.3 Å². The van der Waals surface area contributed by atoms with Crippen molar-refractivity contribution in [2.24, 2.45) is 11.0 Å². The quantitative estimate of drug-likeness (QED) is 0.515. The summed E-state index contributed by atoms with van der Waals surface area (Å²) >= 11 is 11.8. The Morgan fingerprint density at radius 1 is 1.19 bits per heavy atom. The lowest BCUT2D eigenvalue weighted by atomic mass is 9.86. The third-order valence-electron chi connectivity index (χ3n) is 4.49. The number of aryl methyl sites for hydroxylation is 1. The van der Waals surface area contributed by atoms with E-state index >= 15 is 0 Å². The third kappa shape index (κ3) is 3.59. The van der Waals surface area contributed by atoms with Gasteiger partial charge in [0.25, 0.3) is 5.60 Å². The highest BCUT2D eigenvalue weighted by atomic mass is 35.5. The van der Waals surface area contributed by atoms with Gasteiger partial charge < -0.3 is 10.3 Å². The van der Waals surface area contributed by atoms with Gasteiger partial charge in [-0.1, -0.05) is 47.4 Å². The zero-order chi connectivity index (χ0) is 19.8. The van der Waals surface area contributed by atoms with E-state index < -0.39 is 18.2 Å². The van der Waals surface area contributed by atoms with Gasteiger partial charge in [-0.3, -0.25) is 5.84 Å². The van der Waals surface area contributed by atoms with E-state index in [1.165, 1.54) is 18.2 Å². The van der Waals surface area contributed by atoms with Crippen molar-refractivity contribution in [3.05, 3.63) is 63.1 Å². The van der Waals surface area contributed by atoms with E-state index in [2.05, 4.69) is 10.6 Å². The zero-order valence-electron chi connectivity index (χ0n) is 14.2. The largest absolute Gasteiger partial charge is 0.435 e. The summed E-state index contributed by atoms with van der Waals surface area (Å²) in [6.07, 6.45) is -4.52. The van der Waals surface area contributed by atoms with Gasteiger partial charge >= 0.3 is 6.18 Å². The van der Waals surface area contributed by atoms with Crippen LogP contribution in [0.5, 0.6) is 0 Å². The number of halogens is 5. The molecule has 3 N–H and O–H groups in total. The summed E-state index contributed by atoms with van der Waals surface area (Å²) in [4.78, 5) is 4.99. The van der Waals surface area contributed by atoms with Crippen molar-refractivity contribution >= 4 is 34.6 Å². The number of nitrogens with one attached hydrogen (secondary N) is 1. The van der Waals surface area contributed by atoms with E-state index in [1.54, 1.807) is 18.2 Å². The van der Waals surface area contributed by atoms with Crippen molar-refractivity contribution in [1.29, 1.82) is 0 Å². The van der Waals surface area contributed by atoms with E-state index in [9.17, 15) is 13.2 Å². The van der Waals surface area contributed by atoms with Crippen molar-refractivity contribution in [2.45, 2.75) is 31.5 Å². The number of nitrogens with two attached hydrogens (primary N) is 1. The summed E-state index contributed by atoms with van der Waals surface area (Å²) in [5.74, 6) is 5.51. The number of alkyl halides is 3. The normalized spacial score (nSPS) is 19.6. The number of nitrogen functional groups attached to an aromatic ring is 1. The predicted octanol–water partition coefficient (Wildman–Crippen LogP) is 5.42. The summed E-state index contributed by atoms with van der Waals surface area (Å²) in [7, 11) is 0. The highest BCUT2D eigenvalue weighted by molar-refractivity contribution is 6.34. The lowest BCUT2D eigenvalue weighted by Crippen LogP contribution is -2.42. The molecule has 1 aliphatic rings. The maximum absolute atomic E-state index is 14.0. The second-order valence-corrected chi connectivity index (χ2v) is 7.03. The lowest BCUT2D eigenvalue weighted by molar-refractivity contribution is -0.275. The van der Waals surface area contributed by atoms with Crippen molar-refractivity contribution < 1.29 is 18.0 Å². The first-order valence-corrected chi connectivity index (χ1v) is 8.84. The van der Waals surface area contributed by atoms with Crippen molar-refractivity contribution in [3.8, 4) is 0 Å². The van der Waals surface area contributed by atoms with E-state index in [1.807, 2.05) is 6.92 Å². The lowest BCUT2D eigenvalue weighted by Gasteiger charge is -2.29. The third-order valence-corrected chi connectivity index (χ3v) is 4.93. The smallest absolute Gasteiger partial charge is 0.374 e. The highest BCUT2D eigenvalue weighted by Gasteiger charge is 2.62. The molecule has 0 spiro atoms. The van der Waals surface area contributed by atoms with Gasteiger partial charge in [0.05, 0.1) is 11.4 Å². The number of hydrogen-bond donors (Lipinski definition) is 2. The highest BCUT2D eigenvalue weighted by Crippen LogP contribution is 2.49. The van der Waals surface area contributed by atoms with Gasteiger partial charge in [0.2, 0.25) is 0 Å². The standard InChI is InChI=1S/C18H16Cl2F3N3O/c1-2-10-3-4-11(5-15(10)25-24)16-9-17(27-26-16,18(21,22)23)12-6-13(19)8-14(20)7-12/h3-8,25H,2,9,24H2,1H3. The maximum Gasteiger partial charge on any atom is 0.435 e. The molecule has 144 valence electrons. The first-order chi connectivity index (χ1) is 12.7. The molecule has 0 saturated heterocycles. The Labute approximate surface area is 164 Å². The fraction of sp³-hybridized carbons (Fsp3) is 0.278. The molecule has 1 heterocycles. The molecule has 2 aromatic rings. The van der Waals surface area contributed by atoms with Gasteiger partial charge in [0.15, 0.2) is 0 Å². The molecule has 1 aliphatic heterocycles. The average Bonchev–Trinajstić information content (AvgIpc) is 3.07. The van der Waals surface area contributed by atoms with Gasteiger partial charge in [-0.15, -0.1) is 0 Å². The van der Waals surface area contributed by atoms with E-state index in [-0.39, 0.29) is 21.3 Å². The monoisotopic (exact) mass is 417 g/mol. The SMILES string of the molecule is CCc1ccc(C2=NOC(c3cc(Cl)cc(Cl)c3)(C(F)(F)F)C2)cc1NN. The minimum absolute atomic E-state index is 0.0834. The average molecular weight is 418 g/mol. The molecule has 9 heteroatoms. The number of nitrogens with zero attached hydrogens (tertiary/aromatic N) is 1. The molecule has 4 nitrogen and oxygen atoms in total. The number of rotatable bonds is 4. The minimum Gasteiger partial charge on any atom is -0.374 e. The fourth-order valence-corrected chi connectivity index (χ4v) is 3.57. The minimum atomic E-state index is -4.73. The molecule has 0 aromatic heterocycles. The second-order valence-electron chi connectivity index (χ2n) is 6.16. The molecular formula is C18H16Cl2F3N3O. The summed E-state index contributed by atoms with van der Waals surface area (Å²) in [6.45, 7) is 1.95. The number of hydrazine groups is 1. The molecule has 3 rings (SSSR count). The Morgan fingerprint density at radius 3 is 2.41 bits per heavy atom. The molecule has 0 amide bonds. The summed E-state index contributed by atoms with van der Waals surface area (Å²) < 4.78 is 42.0. The fourth-order valence-electron chi connectivity index (χ4n) is 3.04. The summed E-state index contributed by atoms with van der Waals surface area (Å²) in [5.41, 5.74) is 1.89. The van der Waals surface area contributed by atoms with Crippen LogP contribution >= 0.6 is 23.2 Å². The Kier molecular flexibility index (Phi) is 5.29. The van der Waals surface area contributed by atoms with Crippen LogP contribution < -0.4 is 11.3 Å². The Bertz CT molecular complexity index is 882. The van der Waals surface area contributed by atoms with Gasteiger partial charge in [-0.05, 0) is 36.2 Å². The van der Waals surface area contributed by atoms with E-state index in [0.717, 1.165) is 12.0 Å². The van der Waals surface area contributed by atoms with Crippen LogP contribution in [0.25, 0.3) is 0 Å². The predicted molar refractivity (Wildman–Crippen MR) is 100 cm³/mol. The number of anilines is 1. The van der Waals surface area contributed by atoms with Crippen LogP contribution in [-0.4, -0.2) is 11.9 Å². The molecule has 1 unspecified atom stereocenters. The summed E-state index contributed by atoms with van der Waals surface area (Å²) in [5, 5.41) is 3.90. The number of benzene rings is 2. The van der Waals surface area contributed by atoms with Crippen LogP contribution in [0.2, 0.25) is 10.0 Å². The van der Waals surface area contributed by atoms with Crippen LogP contribution in [0.1, 0.15) is 30.0 Å². The molecular weight excluding hydrogens is 402 g/mol. The molecule has 0 radical (unpaired) electrons. The van der Waals surface area contributed by atoms with Crippen molar-refractivity contribution in [1.82, 2.24) is 0 Å². The second kappa shape index (κ2) is 7.22. The molecule has 0 aliphatic carbocycles. The molecule has 27 heavy (non-hydrogen) atoms. The number of hydrogen-bond acceptors (Lipinski definition) is 4. The van der Waals surface area contributed by atoms with Gasteiger partial charge in [0.1, 0.15) is 0 Å². The number of oxime groups is 1. The molecule has 1 atom stereocenters. The molecule has 0 saturated carbocycles. The first kappa shape index (κ1) is 19.8. The molecule has 0 bridgehead atoms. The van der Waals surface area contributed by atoms with Crippen LogP contribution in [0.3, 0.4) is 0 Å². The van der Waals surface area contributed by atoms with Crippen molar-refractivity contribution in [2.75, 3.05) is 5.43 Å². The van der Waals surface area contributed by atoms with Gasteiger partial charge in [-0.25, -0.2) is 0 Å². The van der Waals surface area contributed by atoms with Gasteiger partial charge in [0, 0.05) is 27.6 Å². The summed E-state index contributed by atoms with van der Waals surface area (Å²) in [6, 6.07) is 8.86. The first-order valence-electron chi connectivity index (χ1n) is 8.08.